The Morgan fingerprint density at radius 1 is 0.913 bits per heavy atom. The van der Waals surface area contributed by atoms with Crippen molar-refractivity contribution in [2.75, 3.05) is 13.1 Å². The van der Waals surface area contributed by atoms with E-state index < -0.39 is 90.5 Å². The van der Waals surface area contributed by atoms with E-state index in [0.717, 1.165) is 0 Å². The summed E-state index contributed by atoms with van der Waals surface area (Å²) >= 11 is 0. The maximum Gasteiger partial charge on any atom is 0.304 e. The van der Waals surface area contributed by atoms with Crippen molar-refractivity contribution in [3.05, 3.63) is 29.8 Å². The molecule has 0 radical (unpaired) electrons. The SMILES string of the molecule is CC(C)C[C@@H]1NC(=O)[C@H](Cc2ccc(O)cc2)NC(=O)[C@@H]2CCCN2C[C@H](C)NC(=O)[C@H]([C@@H](C)O)NC(=O)[C@H](CC(=O)O)CC1=O. The smallest absolute Gasteiger partial charge is 0.304 e. The quantitative estimate of drug-likeness (QED) is 0.208. The largest absolute Gasteiger partial charge is 0.508 e. The monoisotopic (exact) mass is 645 g/mol. The lowest BCUT2D eigenvalue weighted by Gasteiger charge is -2.31. The standard InChI is InChI=1S/C32H47N5O9/c1-17(2)12-23-26(40)14-21(15-27(41)42)29(43)36-28(19(4)38)32(46)33-18(3)16-37-11-5-6-25(37)31(45)35-24(30(44)34-23)13-20-7-9-22(39)10-8-20/h7-10,17-19,21,23-25,28,38-39H,5-6,11-16H2,1-4H3,(H,33,46)(H,34,44)(H,35,45)(H,36,43)(H,41,42)/t18-,19+,21-,23-,24-,25-,28-/m0/s1. The number of rotatable bonds is 7. The minimum atomic E-state index is -1.43. The summed E-state index contributed by atoms with van der Waals surface area (Å²) in [5, 5.41) is 40.4. The first kappa shape index (κ1) is 36.4. The second-order valence-electron chi connectivity index (χ2n) is 12.9. The third kappa shape index (κ3) is 10.5. The normalized spacial score (nSPS) is 28.3. The number of carboxylic acids is 1. The van der Waals surface area contributed by atoms with Gasteiger partial charge in [0.25, 0.3) is 0 Å². The Kier molecular flexibility index (Phi) is 13.1. The molecule has 46 heavy (non-hydrogen) atoms. The van der Waals surface area contributed by atoms with Gasteiger partial charge in [0, 0.05) is 25.4 Å². The van der Waals surface area contributed by atoms with Crippen LogP contribution in [-0.2, 0) is 35.2 Å². The van der Waals surface area contributed by atoms with E-state index in [2.05, 4.69) is 21.3 Å². The highest BCUT2D eigenvalue weighted by Crippen LogP contribution is 2.20. The first-order valence-corrected chi connectivity index (χ1v) is 15.8. The molecular formula is C32H47N5O9. The summed E-state index contributed by atoms with van der Waals surface area (Å²) in [6, 6.07) is 1.45. The molecular weight excluding hydrogens is 598 g/mol. The number of aromatic hydroxyl groups is 1. The Morgan fingerprint density at radius 3 is 2.17 bits per heavy atom. The second-order valence-corrected chi connectivity index (χ2v) is 12.9. The predicted molar refractivity (Wildman–Crippen MR) is 166 cm³/mol. The average Bonchev–Trinajstić information content (AvgIpc) is 3.42. The fraction of sp³-hybridized carbons (Fsp3) is 0.625. The average molecular weight is 646 g/mol. The molecule has 2 aliphatic heterocycles. The van der Waals surface area contributed by atoms with E-state index in [1.807, 2.05) is 18.7 Å². The van der Waals surface area contributed by atoms with E-state index in [1.54, 1.807) is 19.1 Å². The summed E-state index contributed by atoms with van der Waals surface area (Å²) in [5.74, 6) is -5.98. The number of aliphatic hydroxyl groups is 1. The van der Waals surface area contributed by atoms with Crippen molar-refractivity contribution in [3.63, 3.8) is 0 Å². The molecule has 14 heteroatoms. The number of benzene rings is 1. The summed E-state index contributed by atoms with van der Waals surface area (Å²) in [4.78, 5) is 81.1. The highest BCUT2D eigenvalue weighted by Gasteiger charge is 2.37. The summed E-state index contributed by atoms with van der Waals surface area (Å²) in [5.41, 5.74) is 0.651. The summed E-state index contributed by atoms with van der Waals surface area (Å²) in [6.45, 7) is 7.53. The van der Waals surface area contributed by atoms with Crippen molar-refractivity contribution in [1.82, 2.24) is 26.2 Å². The molecule has 14 nitrogen and oxygen atoms in total. The highest BCUT2D eigenvalue weighted by molar-refractivity contribution is 5.97. The number of aliphatic carboxylic acids is 1. The molecule has 1 aromatic rings. The summed E-state index contributed by atoms with van der Waals surface area (Å²) in [7, 11) is 0. The molecule has 0 aliphatic carbocycles. The van der Waals surface area contributed by atoms with Gasteiger partial charge < -0.3 is 36.6 Å². The van der Waals surface area contributed by atoms with Crippen LogP contribution < -0.4 is 21.3 Å². The van der Waals surface area contributed by atoms with Gasteiger partial charge in [-0.2, -0.15) is 0 Å². The van der Waals surface area contributed by atoms with Crippen LogP contribution in [0.1, 0.15) is 65.4 Å². The Balaban J connectivity index is 2.01. The zero-order valence-corrected chi connectivity index (χ0v) is 26.8. The Labute approximate surface area is 268 Å². The van der Waals surface area contributed by atoms with Gasteiger partial charge in [0.05, 0.1) is 30.5 Å². The predicted octanol–water partition coefficient (Wildman–Crippen LogP) is -0.151. The number of nitrogens with one attached hydrogen (secondary N) is 4. The molecule has 2 heterocycles. The second kappa shape index (κ2) is 16.5. The van der Waals surface area contributed by atoms with Gasteiger partial charge in [-0.15, -0.1) is 0 Å². The van der Waals surface area contributed by atoms with Crippen molar-refractivity contribution >= 4 is 35.4 Å². The van der Waals surface area contributed by atoms with Crippen LogP contribution in [-0.4, -0.2) is 105 Å². The van der Waals surface area contributed by atoms with Crippen LogP contribution in [0.4, 0.5) is 0 Å². The summed E-state index contributed by atoms with van der Waals surface area (Å²) < 4.78 is 0. The van der Waals surface area contributed by atoms with Crippen molar-refractivity contribution in [2.24, 2.45) is 11.8 Å². The highest BCUT2D eigenvalue weighted by atomic mass is 16.4. The van der Waals surface area contributed by atoms with Gasteiger partial charge in [-0.25, -0.2) is 0 Å². The van der Waals surface area contributed by atoms with Gasteiger partial charge in [0.1, 0.15) is 17.8 Å². The van der Waals surface area contributed by atoms with Gasteiger partial charge in [-0.1, -0.05) is 26.0 Å². The van der Waals surface area contributed by atoms with Crippen LogP contribution >= 0.6 is 0 Å². The number of hydrogen-bond donors (Lipinski definition) is 7. The number of aliphatic hydroxyl groups excluding tert-OH is 1. The fourth-order valence-corrected chi connectivity index (χ4v) is 5.96. The fourth-order valence-electron chi connectivity index (χ4n) is 5.96. The Hall–Kier alpha value is -4.04. The molecule has 2 aliphatic rings. The Morgan fingerprint density at radius 2 is 1.57 bits per heavy atom. The lowest BCUT2D eigenvalue weighted by molar-refractivity contribution is -0.143. The third-order valence-corrected chi connectivity index (χ3v) is 8.29. The molecule has 7 atom stereocenters. The lowest BCUT2D eigenvalue weighted by Crippen LogP contribution is -2.58. The maximum absolute atomic E-state index is 13.8. The molecule has 0 aromatic heterocycles. The van der Waals surface area contributed by atoms with E-state index in [9.17, 15) is 44.1 Å². The molecule has 2 saturated heterocycles. The van der Waals surface area contributed by atoms with E-state index in [0.29, 0.717) is 24.9 Å². The molecule has 0 spiro atoms. The number of phenolic OH excluding ortho intramolecular Hbond substituents is 1. The van der Waals surface area contributed by atoms with Crippen LogP contribution in [0, 0.1) is 11.8 Å². The molecule has 3 rings (SSSR count). The van der Waals surface area contributed by atoms with Crippen molar-refractivity contribution in [3.8, 4) is 5.75 Å². The number of fused-ring (bicyclic) bond motifs is 1. The van der Waals surface area contributed by atoms with E-state index in [-0.39, 0.29) is 31.1 Å². The molecule has 1 aromatic carbocycles. The number of carbonyl (C=O) groups excluding carboxylic acids is 5. The number of amides is 4. The van der Waals surface area contributed by atoms with Crippen LogP contribution in [0.15, 0.2) is 24.3 Å². The van der Waals surface area contributed by atoms with E-state index >= 15 is 0 Å². The van der Waals surface area contributed by atoms with Crippen molar-refractivity contribution < 1.29 is 44.1 Å². The Bertz CT molecular complexity index is 1270. The zero-order chi connectivity index (χ0) is 34.1. The number of Topliss-reactive ketones (excluding diaryl/α,β-unsaturated/α-hetero) is 1. The van der Waals surface area contributed by atoms with Gasteiger partial charge in [-0.05, 0) is 63.3 Å². The number of nitrogens with zero attached hydrogens (tertiary/aromatic N) is 1. The van der Waals surface area contributed by atoms with Crippen molar-refractivity contribution in [1.29, 1.82) is 0 Å². The number of carbonyl (C=O) groups is 6. The molecule has 0 saturated carbocycles. The van der Waals surface area contributed by atoms with Crippen molar-refractivity contribution in [2.45, 2.75) is 103 Å². The minimum Gasteiger partial charge on any atom is -0.508 e. The van der Waals surface area contributed by atoms with Gasteiger partial charge >= 0.3 is 5.97 Å². The van der Waals surface area contributed by atoms with Crippen LogP contribution in [0.2, 0.25) is 0 Å². The van der Waals surface area contributed by atoms with Crippen LogP contribution in [0.25, 0.3) is 0 Å². The molecule has 7 N–H and O–H groups in total. The third-order valence-electron chi connectivity index (χ3n) is 8.29. The first-order valence-electron chi connectivity index (χ1n) is 15.8. The van der Waals surface area contributed by atoms with Gasteiger partial charge in [0.2, 0.25) is 23.6 Å². The number of phenols is 1. The summed E-state index contributed by atoms with van der Waals surface area (Å²) in [6.07, 6.45) is -1.15. The van der Waals surface area contributed by atoms with Gasteiger partial charge in [-0.3, -0.25) is 33.7 Å². The molecule has 0 bridgehead atoms. The molecule has 2 fully saturated rings. The van der Waals surface area contributed by atoms with Gasteiger partial charge in [0.15, 0.2) is 5.78 Å². The maximum atomic E-state index is 13.8. The molecule has 254 valence electrons. The zero-order valence-electron chi connectivity index (χ0n) is 26.8. The number of carboxylic acid groups (broad SMARTS) is 1. The van der Waals surface area contributed by atoms with Crippen LogP contribution in [0.3, 0.4) is 0 Å². The molecule has 0 unspecified atom stereocenters. The topological polar surface area (TPSA) is 214 Å². The first-order chi connectivity index (χ1) is 21.6. The molecule has 4 amide bonds. The number of ketones is 1. The van der Waals surface area contributed by atoms with E-state index in [4.69, 9.17) is 0 Å². The lowest BCUT2D eigenvalue weighted by atomic mass is 9.90. The minimum absolute atomic E-state index is 0.0343. The van der Waals surface area contributed by atoms with E-state index in [1.165, 1.54) is 19.1 Å². The number of hydrogen-bond acceptors (Lipinski definition) is 9. The van der Waals surface area contributed by atoms with Crippen LogP contribution in [0.5, 0.6) is 5.75 Å².